The van der Waals surface area contributed by atoms with Gasteiger partial charge in [-0.05, 0) is 42.6 Å². The maximum Gasteiger partial charge on any atom is 0.222 e. The van der Waals surface area contributed by atoms with E-state index in [1.165, 1.54) is 6.07 Å². The van der Waals surface area contributed by atoms with Crippen LogP contribution < -0.4 is 5.73 Å². The summed E-state index contributed by atoms with van der Waals surface area (Å²) in [6, 6.07) is 4.84. The lowest BCUT2D eigenvalue weighted by atomic mass is 10.1. The van der Waals surface area contributed by atoms with Gasteiger partial charge in [-0.25, -0.2) is 4.39 Å². The van der Waals surface area contributed by atoms with Gasteiger partial charge in [-0.2, -0.15) is 0 Å². The number of amides is 1. The van der Waals surface area contributed by atoms with E-state index in [2.05, 4.69) is 15.9 Å². The van der Waals surface area contributed by atoms with Crippen molar-refractivity contribution in [3.63, 3.8) is 0 Å². The van der Waals surface area contributed by atoms with Crippen molar-refractivity contribution in [3.8, 4) is 0 Å². The van der Waals surface area contributed by atoms with Crippen molar-refractivity contribution >= 4 is 21.8 Å². The molecule has 0 bridgehead atoms. The van der Waals surface area contributed by atoms with Crippen molar-refractivity contribution in [2.45, 2.75) is 19.8 Å². The average molecular weight is 331 g/mol. The van der Waals surface area contributed by atoms with Crippen molar-refractivity contribution < 1.29 is 9.18 Å². The van der Waals surface area contributed by atoms with E-state index in [4.69, 9.17) is 5.73 Å². The van der Waals surface area contributed by atoms with Gasteiger partial charge in [0.2, 0.25) is 5.91 Å². The molecule has 106 valence electrons. The summed E-state index contributed by atoms with van der Waals surface area (Å²) in [7, 11) is 1.74. The molecule has 0 aliphatic heterocycles. The van der Waals surface area contributed by atoms with E-state index in [1.54, 1.807) is 24.1 Å². The molecule has 1 atom stereocenters. The van der Waals surface area contributed by atoms with Crippen LogP contribution in [0.1, 0.15) is 18.9 Å². The number of likely N-dealkylation sites (N-methyl/N-ethyl adjacent to an activating group) is 1. The molecule has 0 fully saturated rings. The molecular weight excluding hydrogens is 311 g/mol. The Balaban J connectivity index is 2.51. The minimum absolute atomic E-state index is 0.0494. The van der Waals surface area contributed by atoms with E-state index in [9.17, 15) is 9.18 Å². The fraction of sp³-hybridized carbons (Fsp3) is 0.500. The number of carbonyl (C=O) groups excluding carboxylic acids is 1. The summed E-state index contributed by atoms with van der Waals surface area (Å²) in [5.41, 5.74) is 6.11. The molecule has 0 radical (unpaired) electrons. The van der Waals surface area contributed by atoms with Gasteiger partial charge in [0.1, 0.15) is 5.82 Å². The van der Waals surface area contributed by atoms with Crippen LogP contribution in [0.2, 0.25) is 0 Å². The van der Waals surface area contributed by atoms with Crippen LogP contribution >= 0.6 is 15.9 Å². The Morgan fingerprint density at radius 3 is 2.84 bits per heavy atom. The van der Waals surface area contributed by atoms with Gasteiger partial charge in [0.15, 0.2) is 0 Å². The van der Waals surface area contributed by atoms with E-state index in [1.807, 2.05) is 6.92 Å². The zero-order valence-corrected chi connectivity index (χ0v) is 12.9. The summed E-state index contributed by atoms with van der Waals surface area (Å²) in [6.07, 6.45) is 0.943. The highest BCUT2D eigenvalue weighted by Gasteiger charge is 2.13. The maximum absolute atomic E-state index is 13.5. The number of carbonyl (C=O) groups is 1. The minimum Gasteiger partial charge on any atom is -0.345 e. The molecule has 1 unspecified atom stereocenters. The third-order valence-electron chi connectivity index (χ3n) is 3.08. The second kappa shape index (κ2) is 7.60. The van der Waals surface area contributed by atoms with Crippen LogP contribution in [0.25, 0.3) is 0 Å². The third-order valence-corrected chi connectivity index (χ3v) is 3.57. The molecule has 5 heteroatoms. The molecule has 0 aliphatic carbocycles. The molecule has 0 saturated carbocycles. The molecule has 1 rings (SSSR count). The summed E-state index contributed by atoms with van der Waals surface area (Å²) >= 11 is 3.31. The zero-order valence-electron chi connectivity index (χ0n) is 11.3. The Kier molecular flexibility index (Phi) is 6.45. The highest BCUT2D eigenvalue weighted by atomic mass is 79.9. The Morgan fingerprint density at radius 2 is 2.21 bits per heavy atom. The number of hydrogen-bond donors (Lipinski definition) is 1. The Labute approximate surface area is 122 Å². The molecule has 1 aromatic rings. The van der Waals surface area contributed by atoms with Crippen LogP contribution in [0.4, 0.5) is 4.39 Å². The van der Waals surface area contributed by atoms with Crippen molar-refractivity contribution in [3.05, 3.63) is 34.1 Å². The number of halogens is 2. The van der Waals surface area contributed by atoms with Gasteiger partial charge in [0.05, 0.1) is 0 Å². The quantitative estimate of drug-likeness (QED) is 0.871. The topological polar surface area (TPSA) is 46.3 Å². The fourth-order valence-corrected chi connectivity index (χ4v) is 2.09. The van der Waals surface area contributed by atoms with Gasteiger partial charge in [0.25, 0.3) is 0 Å². The average Bonchev–Trinajstić information content (AvgIpc) is 2.39. The van der Waals surface area contributed by atoms with Gasteiger partial charge < -0.3 is 10.6 Å². The Bertz CT molecular complexity index is 439. The number of rotatable bonds is 6. The first-order valence-corrected chi connectivity index (χ1v) is 7.11. The predicted octanol–water partition coefficient (Wildman–Crippen LogP) is 2.57. The summed E-state index contributed by atoms with van der Waals surface area (Å²) in [6.45, 7) is 2.95. The normalized spacial score (nSPS) is 12.3. The summed E-state index contributed by atoms with van der Waals surface area (Å²) in [5, 5.41) is 0. The zero-order chi connectivity index (χ0) is 14.4. The molecule has 0 spiro atoms. The molecule has 1 aromatic carbocycles. The van der Waals surface area contributed by atoms with Gasteiger partial charge >= 0.3 is 0 Å². The predicted molar refractivity (Wildman–Crippen MR) is 78.3 cm³/mol. The highest BCUT2D eigenvalue weighted by molar-refractivity contribution is 9.10. The van der Waals surface area contributed by atoms with Crippen LogP contribution in [-0.4, -0.2) is 30.9 Å². The van der Waals surface area contributed by atoms with Crippen LogP contribution in [0, 0.1) is 11.7 Å². The molecule has 19 heavy (non-hydrogen) atoms. The second-order valence-electron chi connectivity index (χ2n) is 4.85. The third kappa shape index (κ3) is 5.28. The van der Waals surface area contributed by atoms with E-state index < -0.39 is 0 Å². The van der Waals surface area contributed by atoms with Crippen molar-refractivity contribution in [2.75, 3.05) is 20.1 Å². The molecular formula is C14H20BrFN2O. The first-order chi connectivity index (χ1) is 8.93. The first-order valence-electron chi connectivity index (χ1n) is 6.32. The smallest absolute Gasteiger partial charge is 0.222 e. The standard InChI is InChI=1S/C14H20BrFN2O/c1-10(9-17)7-14(19)18(2)6-5-11-8-12(15)3-4-13(11)16/h3-4,8,10H,5-7,9,17H2,1-2H3. The lowest BCUT2D eigenvalue weighted by Gasteiger charge is -2.19. The van der Waals surface area contributed by atoms with Crippen LogP contribution in [0.5, 0.6) is 0 Å². The molecule has 0 aromatic heterocycles. The number of nitrogens with zero attached hydrogens (tertiary/aromatic N) is 1. The molecule has 2 N–H and O–H groups in total. The van der Waals surface area contributed by atoms with Crippen molar-refractivity contribution in [2.24, 2.45) is 11.7 Å². The summed E-state index contributed by atoms with van der Waals surface area (Å²) < 4.78 is 14.4. The maximum atomic E-state index is 13.5. The Hall–Kier alpha value is -0.940. The van der Waals surface area contributed by atoms with Crippen LogP contribution in [-0.2, 0) is 11.2 Å². The van der Waals surface area contributed by atoms with Crippen molar-refractivity contribution in [1.82, 2.24) is 4.90 Å². The van der Waals surface area contributed by atoms with Crippen LogP contribution in [0.15, 0.2) is 22.7 Å². The molecule has 3 nitrogen and oxygen atoms in total. The summed E-state index contributed by atoms with van der Waals surface area (Å²) in [5.74, 6) is -0.00899. The van der Waals surface area contributed by atoms with E-state index >= 15 is 0 Å². The van der Waals surface area contributed by atoms with Gasteiger partial charge in [-0.15, -0.1) is 0 Å². The lowest BCUT2D eigenvalue weighted by Crippen LogP contribution is -2.31. The lowest BCUT2D eigenvalue weighted by molar-refractivity contribution is -0.130. The molecule has 0 aliphatic rings. The number of nitrogens with two attached hydrogens (primary N) is 1. The second-order valence-corrected chi connectivity index (χ2v) is 5.76. The van der Waals surface area contributed by atoms with Gasteiger partial charge in [0, 0.05) is 24.5 Å². The SMILES string of the molecule is CC(CN)CC(=O)N(C)CCc1cc(Br)ccc1F. The van der Waals surface area contributed by atoms with Crippen molar-refractivity contribution in [1.29, 1.82) is 0 Å². The molecule has 1 amide bonds. The largest absolute Gasteiger partial charge is 0.345 e. The Morgan fingerprint density at radius 1 is 1.53 bits per heavy atom. The van der Waals surface area contributed by atoms with Gasteiger partial charge in [-0.1, -0.05) is 22.9 Å². The first kappa shape index (κ1) is 16.1. The number of hydrogen-bond acceptors (Lipinski definition) is 2. The highest BCUT2D eigenvalue weighted by Crippen LogP contribution is 2.16. The monoisotopic (exact) mass is 330 g/mol. The molecule has 0 heterocycles. The minimum atomic E-state index is -0.237. The molecule has 0 saturated heterocycles. The summed E-state index contributed by atoms with van der Waals surface area (Å²) in [4.78, 5) is 13.5. The van der Waals surface area contributed by atoms with Crippen LogP contribution in [0.3, 0.4) is 0 Å². The van der Waals surface area contributed by atoms with E-state index in [0.29, 0.717) is 31.5 Å². The fourth-order valence-electron chi connectivity index (χ4n) is 1.69. The van der Waals surface area contributed by atoms with E-state index in [-0.39, 0.29) is 17.6 Å². The number of benzene rings is 1. The van der Waals surface area contributed by atoms with Gasteiger partial charge in [-0.3, -0.25) is 4.79 Å². The van der Waals surface area contributed by atoms with E-state index in [0.717, 1.165) is 4.47 Å².